The zero-order valence-electron chi connectivity index (χ0n) is 13.1. The normalized spacial score (nSPS) is 11.1. The van der Waals surface area contributed by atoms with Crippen LogP contribution in [0.3, 0.4) is 0 Å². The Morgan fingerprint density at radius 1 is 1.04 bits per heavy atom. The van der Waals surface area contributed by atoms with Crippen LogP contribution < -0.4 is 4.74 Å². The van der Waals surface area contributed by atoms with Crippen LogP contribution in [0.5, 0.6) is 5.75 Å². The van der Waals surface area contributed by atoms with Gasteiger partial charge in [-0.05, 0) is 18.8 Å². The maximum atomic E-state index is 11.7. The molecule has 0 heterocycles. The van der Waals surface area contributed by atoms with Gasteiger partial charge in [-0.1, -0.05) is 60.3 Å². The van der Waals surface area contributed by atoms with Gasteiger partial charge in [0.15, 0.2) is 5.75 Å². The van der Waals surface area contributed by atoms with Gasteiger partial charge in [0.25, 0.3) is 0 Å². The molecule has 24 heavy (non-hydrogen) atoms. The van der Waals surface area contributed by atoms with E-state index < -0.39 is 11.9 Å². The van der Waals surface area contributed by atoms with Crippen LogP contribution in [0.4, 0.5) is 0 Å². The summed E-state index contributed by atoms with van der Waals surface area (Å²) in [7, 11) is 0. The number of hydrogen-bond acceptors (Lipinski definition) is 4. The minimum Gasteiger partial charge on any atom is -0.463 e. The Labute approximate surface area is 160 Å². The molecule has 0 spiro atoms. The first kappa shape index (κ1) is 21.1. The molecule has 0 amide bonds. The summed E-state index contributed by atoms with van der Waals surface area (Å²) in [5.74, 6) is -0.979. The van der Waals surface area contributed by atoms with E-state index in [2.05, 4.69) is 13.8 Å². The van der Waals surface area contributed by atoms with Crippen molar-refractivity contribution in [3.8, 4) is 5.75 Å². The molecule has 8 heteroatoms. The van der Waals surface area contributed by atoms with E-state index in [1.165, 1.54) is 6.07 Å². The molecule has 0 aliphatic rings. The molecule has 0 N–H and O–H groups in total. The van der Waals surface area contributed by atoms with Crippen LogP contribution in [-0.4, -0.2) is 18.5 Å². The predicted octanol–water partition coefficient (Wildman–Crippen LogP) is 5.74. The standard InChI is InChI=1S/C16H16Cl4O4/c1-9(2)4-3-7-23-12(21)5-6-13(22)24-11-8-10(17)14(18)16(20)15(11)19/h5-6,8-9H,3-4,7H2,1-2H3/b6-5+. The molecule has 0 saturated carbocycles. The average Bonchev–Trinajstić information content (AvgIpc) is 2.52. The number of benzene rings is 1. The number of esters is 2. The lowest BCUT2D eigenvalue weighted by Crippen LogP contribution is -2.08. The lowest BCUT2D eigenvalue weighted by atomic mass is 10.1. The van der Waals surface area contributed by atoms with Crippen molar-refractivity contribution in [3.05, 3.63) is 38.3 Å². The first-order valence-corrected chi connectivity index (χ1v) is 8.63. The molecule has 0 bridgehead atoms. The van der Waals surface area contributed by atoms with Gasteiger partial charge in [0.05, 0.1) is 21.7 Å². The highest BCUT2D eigenvalue weighted by Gasteiger charge is 2.16. The van der Waals surface area contributed by atoms with E-state index in [-0.39, 0.29) is 25.8 Å². The van der Waals surface area contributed by atoms with Crippen molar-refractivity contribution in [2.75, 3.05) is 6.61 Å². The summed E-state index contributed by atoms with van der Waals surface area (Å²) < 4.78 is 9.93. The first-order chi connectivity index (χ1) is 11.2. The summed E-state index contributed by atoms with van der Waals surface area (Å²) in [6, 6.07) is 1.26. The Hall–Kier alpha value is -0.940. The van der Waals surface area contributed by atoms with Gasteiger partial charge in [0.1, 0.15) is 5.02 Å². The topological polar surface area (TPSA) is 52.6 Å². The highest BCUT2D eigenvalue weighted by Crippen LogP contribution is 2.41. The molecule has 0 aromatic heterocycles. The summed E-state index contributed by atoms with van der Waals surface area (Å²) in [5, 5.41) is 0.0670. The zero-order chi connectivity index (χ0) is 18.3. The van der Waals surface area contributed by atoms with Crippen molar-refractivity contribution < 1.29 is 19.1 Å². The Kier molecular flexibility index (Phi) is 8.92. The third-order valence-corrected chi connectivity index (χ3v) is 4.54. The second kappa shape index (κ2) is 10.1. The highest BCUT2D eigenvalue weighted by molar-refractivity contribution is 6.52. The van der Waals surface area contributed by atoms with Crippen molar-refractivity contribution in [3.63, 3.8) is 0 Å². The Morgan fingerprint density at radius 2 is 1.67 bits per heavy atom. The zero-order valence-corrected chi connectivity index (χ0v) is 16.1. The van der Waals surface area contributed by atoms with Gasteiger partial charge in [-0.3, -0.25) is 0 Å². The second-order valence-electron chi connectivity index (χ2n) is 5.26. The van der Waals surface area contributed by atoms with Crippen LogP contribution >= 0.6 is 46.4 Å². The molecule has 4 nitrogen and oxygen atoms in total. The third kappa shape index (κ3) is 6.89. The minimum atomic E-state index is -0.828. The Balaban J connectivity index is 2.56. The van der Waals surface area contributed by atoms with Crippen molar-refractivity contribution >= 4 is 58.3 Å². The summed E-state index contributed by atoms with van der Waals surface area (Å²) in [5.41, 5.74) is 0. The SMILES string of the molecule is CC(C)CCCOC(=O)/C=C/C(=O)Oc1cc(Cl)c(Cl)c(Cl)c1Cl. The van der Waals surface area contributed by atoms with E-state index in [9.17, 15) is 9.59 Å². The van der Waals surface area contributed by atoms with Gasteiger partial charge in [-0.2, -0.15) is 0 Å². The molecule has 0 unspecified atom stereocenters. The van der Waals surface area contributed by atoms with Crippen molar-refractivity contribution in [1.82, 2.24) is 0 Å². The smallest absolute Gasteiger partial charge is 0.336 e. The Morgan fingerprint density at radius 3 is 2.29 bits per heavy atom. The number of halogens is 4. The molecule has 132 valence electrons. The van der Waals surface area contributed by atoms with E-state index in [4.69, 9.17) is 55.9 Å². The molecule has 0 fully saturated rings. The number of carbonyl (C=O) groups excluding carboxylic acids is 2. The molecular formula is C16H16Cl4O4. The van der Waals surface area contributed by atoms with Gasteiger partial charge in [0, 0.05) is 18.2 Å². The van der Waals surface area contributed by atoms with E-state index in [0.717, 1.165) is 25.0 Å². The summed E-state index contributed by atoms with van der Waals surface area (Å²) in [4.78, 5) is 23.2. The van der Waals surface area contributed by atoms with Crippen LogP contribution in [0.1, 0.15) is 26.7 Å². The molecule has 0 aliphatic heterocycles. The molecule has 0 saturated heterocycles. The van der Waals surface area contributed by atoms with Crippen LogP contribution in [0.25, 0.3) is 0 Å². The number of ether oxygens (including phenoxy) is 2. The maximum Gasteiger partial charge on any atom is 0.336 e. The second-order valence-corrected chi connectivity index (χ2v) is 6.80. The van der Waals surface area contributed by atoms with E-state index >= 15 is 0 Å². The van der Waals surface area contributed by atoms with Crippen LogP contribution in [0.2, 0.25) is 20.1 Å². The van der Waals surface area contributed by atoms with Gasteiger partial charge in [-0.15, -0.1) is 0 Å². The van der Waals surface area contributed by atoms with Crippen LogP contribution in [0.15, 0.2) is 18.2 Å². The van der Waals surface area contributed by atoms with Gasteiger partial charge >= 0.3 is 11.9 Å². The van der Waals surface area contributed by atoms with Gasteiger partial charge in [0.2, 0.25) is 0 Å². The lowest BCUT2D eigenvalue weighted by Gasteiger charge is -2.08. The monoisotopic (exact) mass is 412 g/mol. The fourth-order valence-electron chi connectivity index (χ4n) is 1.62. The molecule has 0 aliphatic carbocycles. The van der Waals surface area contributed by atoms with Gasteiger partial charge < -0.3 is 9.47 Å². The van der Waals surface area contributed by atoms with Crippen molar-refractivity contribution in [2.24, 2.45) is 5.92 Å². The fourth-order valence-corrected chi connectivity index (χ4v) is 2.44. The van der Waals surface area contributed by atoms with Crippen molar-refractivity contribution in [1.29, 1.82) is 0 Å². The Bertz CT molecular complexity index is 641. The minimum absolute atomic E-state index is 0.0258. The number of carbonyl (C=O) groups is 2. The predicted molar refractivity (Wildman–Crippen MR) is 96.3 cm³/mol. The lowest BCUT2D eigenvalue weighted by molar-refractivity contribution is -0.138. The van der Waals surface area contributed by atoms with Gasteiger partial charge in [-0.25, -0.2) is 9.59 Å². The maximum absolute atomic E-state index is 11.7. The molecule has 1 aromatic carbocycles. The van der Waals surface area contributed by atoms with Crippen LogP contribution in [-0.2, 0) is 14.3 Å². The fraction of sp³-hybridized carbons (Fsp3) is 0.375. The number of hydrogen-bond donors (Lipinski definition) is 0. The highest BCUT2D eigenvalue weighted by atomic mass is 35.5. The van der Waals surface area contributed by atoms with E-state index in [1.807, 2.05) is 0 Å². The van der Waals surface area contributed by atoms with Crippen LogP contribution in [0, 0.1) is 5.92 Å². The van der Waals surface area contributed by atoms with E-state index in [0.29, 0.717) is 12.5 Å². The average molecular weight is 414 g/mol. The summed E-state index contributed by atoms with van der Waals surface area (Å²) in [6.45, 7) is 4.46. The largest absolute Gasteiger partial charge is 0.463 e. The molecule has 0 atom stereocenters. The molecule has 1 aromatic rings. The van der Waals surface area contributed by atoms with Crippen molar-refractivity contribution in [2.45, 2.75) is 26.7 Å². The van der Waals surface area contributed by atoms with E-state index in [1.54, 1.807) is 0 Å². The third-order valence-electron chi connectivity index (χ3n) is 2.81. The summed E-state index contributed by atoms with van der Waals surface area (Å²) in [6.07, 6.45) is 3.62. The number of rotatable bonds is 7. The molecule has 1 rings (SSSR count). The molecule has 0 radical (unpaired) electrons. The summed E-state index contributed by atoms with van der Waals surface area (Å²) >= 11 is 23.4. The first-order valence-electron chi connectivity index (χ1n) is 7.12. The quantitative estimate of drug-likeness (QED) is 0.143. The molecular weight excluding hydrogens is 398 g/mol.